The highest BCUT2D eigenvalue weighted by Crippen LogP contribution is 2.42. The number of benzene rings is 3. The zero-order valence-corrected chi connectivity index (χ0v) is 23.8. The van der Waals surface area contributed by atoms with Crippen LogP contribution in [0.2, 0.25) is 5.02 Å². The van der Waals surface area contributed by atoms with Crippen LogP contribution in [-0.2, 0) is 11.3 Å². The second-order valence-corrected chi connectivity index (χ2v) is 11.9. The van der Waals surface area contributed by atoms with E-state index in [4.69, 9.17) is 11.6 Å². The molecule has 3 aromatic carbocycles. The Kier molecular flexibility index (Phi) is 9.07. The van der Waals surface area contributed by atoms with Crippen LogP contribution in [0, 0.1) is 5.92 Å². The second kappa shape index (κ2) is 12.9. The molecule has 3 aromatic rings. The van der Waals surface area contributed by atoms with E-state index in [1.165, 1.54) is 31.1 Å². The monoisotopic (exact) mass is 559 g/mol. The van der Waals surface area contributed by atoms with Crippen molar-refractivity contribution >= 4 is 46.9 Å². The summed E-state index contributed by atoms with van der Waals surface area (Å²) in [5.74, 6) is 0.652. The lowest BCUT2D eigenvalue weighted by Crippen LogP contribution is -2.36. The maximum atomic E-state index is 13.6. The van der Waals surface area contributed by atoms with Gasteiger partial charge in [-0.2, -0.15) is 0 Å². The highest BCUT2D eigenvalue weighted by Gasteiger charge is 2.29. The Balaban J connectivity index is 1.22. The van der Waals surface area contributed by atoms with Crippen molar-refractivity contribution in [3.05, 3.63) is 99.4 Å². The lowest BCUT2D eigenvalue weighted by molar-refractivity contribution is -0.114. The van der Waals surface area contributed by atoms with Crippen molar-refractivity contribution in [3.8, 4) is 0 Å². The molecule has 0 spiro atoms. The van der Waals surface area contributed by atoms with Crippen molar-refractivity contribution < 1.29 is 9.59 Å². The minimum absolute atomic E-state index is 0.0522. The number of amides is 2. The number of hydrogen-bond donors (Lipinski definition) is 1. The molecule has 0 aromatic heterocycles. The van der Waals surface area contributed by atoms with Crippen molar-refractivity contribution in [2.24, 2.45) is 5.92 Å². The van der Waals surface area contributed by atoms with Gasteiger partial charge in [0.05, 0.1) is 17.1 Å². The topological polar surface area (TPSA) is 52.7 Å². The first kappa shape index (κ1) is 27.5. The molecule has 1 atom stereocenters. The SMILES string of the molecule is CC1CCCN(CCCNC(=O)c2ccc(/C=C3/Sc4ccccc4N(Cc4cccc(Cl)c4)C3=O)cc2)C1. The summed E-state index contributed by atoms with van der Waals surface area (Å²) in [7, 11) is 0. The van der Waals surface area contributed by atoms with Crippen LogP contribution in [0.5, 0.6) is 0 Å². The van der Waals surface area contributed by atoms with Crippen molar-refractivity contribution in [3.63, 3.8) is 0 Å². The Morgan fingerprint density at radius 3 is 2.72 bits per heavy atom. The van der Waals surface area contributed by atoms with Crippen molar-refractivity contribution in [2.75, 3.05) is 31.1 Å². The standard InChI is InChI=1S/C32H34ClN3O2S/c1-23-7-5-17-35(21-23)18-6-16-34-31(37)26-14-12-24(13-15-26)20-30-32(38)36(22-25-8-4-9-27(33)19-25)28-10-2-3-11-29(28)39-30/h2-4,8-15,19-20,23H,5-7,16-18,21-22H2,1H3,(H,34,37)/b30-20+. The summed E-state index contributed by atoms with van der Waals surface area (Å²) in [6.07, 6.45) is 5.44. The Hall–Kier alpha value is -3.06. The first-order valence-corrected chi connectivity index (χ1v) is 14.8. The summed E-state index contributed by atoms with van der Waals surface area (Å²) < 4.78 is 0. The number of para-hydroxylation sites is 1. The van der Waals surface area contributed by atoms with E-state index >= 15 is 0 Å². The van der Waals surface area contributed by atoms with Gasteiger partial charge in [0.25, 0.3) is 11.8 Å². The Bertz CT molecular complexity index is 1360. The number of thioether (sulfide) groups is 1. The fourth-order valence-corrected chi connectivity index (χ4v) is 6.49. The van der Waals surface area contributed by atoms with E-state index in [9.17, 15) is 9.59 Å². The minimum Gasteiger partial charge on any atom is -0.352 e. The van der Waals surface area contributed by atoms with Gasteiger partial charge in [0.1, 0.15) is 0 Å². The maximum Gasteiger partial charge on any atom is 0.265 e. The zero-order chi connectivity index (χ0) is 27.2. The average Bonchev–Trinajstić information content (AvgIpc) is 2.94. The molecule has 2 aliphatic rings. The number of carbonyl (C=O) groups is 2. The van der Waals surface area contributed by atoms with E-state index in [0.717, 1.165) is 47.1 Å². The van der Waals surface area contributed by atoms with Crippen molar-refractivity contribution in [1.29, 1.82) is 0 Å². The number of likely N-dealkylation sites (tertiary alicyclic amines) is 1. The molecule has 39 heavy (non-hydrogen) atoms. The summed E-state index contributed by atoms with van der Waals surface area (Å²) in [4.78, 5) is 32.2. The van der Waals surface area contributed by atoms with Gasteiger partial charge in [-0.15, -0.1) is 0 Å². The predicted molar refractivity (Wildman–Crippen MR) is 161 cm³/mol. The number of nitrogens with zero attached hydrogens (tertiary/aromatic N) is 2. The minimum atomic E-state index is -0.0639. The maximum absolute atomic E-state index is 13.6. The summed E-state index contributed by atoms with van der Waals surface area (Å²) in [6, 6.07) is 23.0. The molecule has 2 heterocycles. The molecule has 5 nitrogen and oxygen atoms in total. The van der Waals surface area contributed by atoms with Gasteiger partial charge in [-0.05, 0) is 91.9 Å². The van der Waals surface area contributed by atoms with Gasteiger partial charge >= 0.3 is 0 Å². The highest BCUT2D eigenvalue weighted by molar-refractivity contribution is 8.04. The van der Waals surface area contributed by atoms with Gasteiger partial charge in [-0.25, -0.2) is 0 Å². The molecule has 5 rings (SSSR count). The molecule has 0 bridgehead atoms. The van der Waals surface area contributed by atoms with Crippen LogP contribution < -0.4 is 10.2 Å². The molecule has 0 aliphatic carbocycles. The third-order valence-electron chi connectivity index (χ3n) is 7.21. The molecule has 0 saturated carbocycles. The lowest BCUT2D eigenvalue weighted by Gasteiger charge is -2.30. The molecule has 1 N–H and O–H groups in total. The van der Waals surface area contributed by atoms with E-state index in [2.05, 4.69) is 17.1 Å². The molecule has 2 amide bonds. The summed E-state index contributed by atoms with van der Waals surface area (Å²) in [5.41, 5.74) is 3.37. The number of rotatable bonds is 8. The Morgan fingerprint density at radius 1 is 1.10 bits per heavy atom. The smallest absolute Gasteiger partial charge is 0.265 e. The van der Waals surface area contributed by atoms with E-state index in [1.807, 2.05) is 78.9 Å². The van der Waals surface area contributed by atoms with Gasteiger partial charge in [0, 0.05) is 28.6 Å². The molecule has 1 saturated heterocycles. The van der Waals surface area contributed by atoms with Crippen molar-refractivity contribution in [1.82, 2.24) is 10.2 Å². The number of carbonyl (C=O) groups excluding carboxylic acids is 2. The molecular weight excluding hydrogens is 526 g/mol. The summed E-state index contributed by atoms with van der Waals surface area (Å²) >= 11 is 7.67. The van der Waals surface area contributed by atoms with Gasteiger partial charge in [0.2, 0.25) is 0 Å². The quantitative estimate of drug-likeness (QED) is 0.242. The fourth-order valence-electron chi connectivity index (χ4n) is 5.22. The third-order valence-corrected chi connectivity index (χ3v) is 8.52. The van der Waals surface area contributed by atoms with Gasteiger partial charge in [0.15, 0.2) is 0 Å². The molecule has 202 valence electrons. The van der Waals surface area contributed by atoms with E-state index in [1.54, 1.807) is 4.90 Å². The molecule has 1 fully saturated rings. The number of fused-ring (bicyclic) bond motifs is 1. The summed E-state index contributed by atoms with van der Waals surface area (Å²) in [5, 5.41) is 3.70. The van der Waals surface area contributed by atoms with Crippen LogP contribution in [0.15, 0.2) is 82.6 Å². The number of hydrogen-bond acceptors (Lipinski definition) is 4. The molecule has 0 radical (unpaired) electrons. The first-order valence-electron chi connectivity index (χ1n) is 13.6. The van der Waals surface area contributed by atoms with Crippen LogP contribution in [-0.4, -0.2) is 42.9 Å². The number of halogens is 1. The molecular formula is C32H34ClN3O2S. The van der Waals surface area contributed by atoms with Gasteiger partial charge in [-0.1, -0.05) is 66.7 Å². The van der Waals surface area contributed by atoms with Crippen molar-refractivity contribution in [2.45, 2.75) is 37.6 Å². The van der Waals surface area contributed by atoms with Crippen LogP contribution >= 0.6 is 23.4 Å². The van der Waals surface area contributed by atoms with Crippen LogP contribution in [0.4, 0.5) is 5.69 Å². The van der Waals surface area contributed by atoms with E-state index < -0.39 is 0 Å². The second-order valence-electron chi connectivity index (χ2n) is 10.4. The third kappa shape index (κ3) is 7.13. The Morgan fingerprint density at radius 2 is 1.92 bits per heavy atom. The molecule has 1 unspecified atom stereocenters. The molecule has 7 heteroatoms. The number of nitrogens with one attached hydrogen (secondary N) is 1. The zero-order valence-electron chi connectivity index (χ0n) is 22.2. The lowest BCUT2D eigenvalue weighted by atomic mass is 10.0. The highest BCUT2D eigenvalue weighted by atomic mass is 35.5. The van der Waals surface area contributed by atoms with Gasteiger partial charge in [-0.3, -0.25) is 9.59 Å². The average molecular weight is 560 g/mol. The van der Waals surface area contributed by atoms with E-state index in [0.29, 0.717) is 28.6 Å². The number of anilines is 1. The first-order chi connectivity index (χ1) is 19.0. The number of piperidine rings is 1. The predicted octanol–water partition coefficient (Wildman–Crippen LogP) is 6.87. The molecule has 2 aliphatic heterocycles. The van der Waals surface area contributed by atoms with Crippen LogP contribution in [0.1, 0.15) is 47.7 Å². The van der Waals surface area contributed by atoms with Gasteiger partial charge < -0.3 is 15.1 Å². The van der Waals surface area contributed by atoms with Crippen LogP contribution in [0.25, 0.3) is 6.08 Å². The largest absolute Gasteiger partial charge is 0.352 e. The summed E-state index contributed by atoms with van der Waals surface area (Å²) in [6.45, 7) is 6.77. The Labute approximate surface area is 240 Å². The van der Waals surface area contributed by atoms with E-state index in [-0.39, 0.29) is 11.8 Å². The fraction of sp³-hybridized carbons (Fsp3) is 0.312. The van der Waals surface area contributed by atoms with Crippen LogP contribution in [0.3, 0.4) is 0 Å². The normalized spacial score (nSPS) is 18.7.